The number of hydrogen-bond acceptors (Lipinski definition) is 6. The Bertz CT molecular complexity index is 636. The molecule has 0 atom stereocenters. The fourth-order valence-corrected chi connectivity index (χ4v) is 1.95. The average molecular weight is 307 g/mol. The molecule has 2 N–H and O–H groups in total. The molecule has 0 unspecified atom stereocenters. The first kappa shape index (κ1) is 14.2. The third kappa shape index (κ3) is 2.71. The maximum absolute atomic E-state index is 12.6. The van der Waals surface area contributed by atoms with E-state index in [1.807, 2.05) is 0 Å². The minimum atomic E-state index is -4.60. The van der Waals surface area contributed by atoms with Crippen molar-refractivity contribution in [3.63, 3.8) is 0 Å². The van der Waals surface area contributed by atoms with E-state index in [1.54, 1.807) is 5.10 Å². The van der Waals surface area contributed by atoms with Crippen LogP contribution in [0.5, 0.6) is 5.19 Å². The lowest BCUT2D eigenvalue weighted by Gasteiger charge is -2.04. The van der Waals surface area contributed by atoms with Crippen LogP contribution in [0.4, 0.5) is 18.3 Å². The summed E-state index contributed by atoms with van der Waals surface area (Å²) in [4.78, 5) is 11.8. The first-order valence-electron chi connectivity index (χ1n) is 5.14. The van der Waals surface area contributed by atoms with Crippen molar-refractivity contribution in [3.8, 4) is 5.19 Å². The number of anilines is 1. The maximum atomic E-state index is 12.6. The highest BCUT2D eigenvalue weighted by atomic mass is 32.1. The minimum absolute atomic E-state index is 0.0998. The highest BCUT2D eigenvalue weighted by Crippen LogP contribution is 2.31. The fraction of sp³-hybridized carbons (Fsp3) is 0.333. The van der Waals surface area contributed by atoms with Gasteiger partial charge in [-0.1, -0.05) is 5.10 Å². The molecule has 2 heterocycles. The number of alkyl halides is 3. The van der Waals surface area contributed by atoms with Gasteiger partial charge in [-0.3, -0.25) is 15.2 Å². The van der Waals surface area contributed by atoms with Crippen molar-refractivity contribution in [2.24, 2.45) is 0 Å². The lowest BCUT2D eigenvalue weighted by Crippen LogP contribution is -2.14. The first-order valence-corrected chi connectivity index (χ1v) is 5.95. The van der Waals surface area contributed by atoms with Crippen molar-refractivity contribution in [1.82, 2.24) is 20.4 Å². The zero-order valence-electron chi connectivity index (χ0n) is 10.2. The van der Waals surface area contributed by atoms with Crippen LogP contribution in [0.3, 0.4) is 0 Å². The second-order valence-electron chi connectivity index (χ2n) is 3.60. The summed E-state index contributed by atoms with van der Waals surface area (Å²) in [7, 11) is 1.37. The predicted molar refractivity (Wildman–Crippen MR) is 62.7 cm³/mol. The Morgan fingerprint density at radius 2 is 2.10 bits per heavy atom. The monoisotopic (exact) mass is 307 g/mol. The predicted octanol–water partition coefficient (Wildman–Crippen LogP) is 1.85. The zero-order chi connectivity index (χ0) is 14.9. The molecule has 7 nitrogen and oxygen atoms in total. The average Bonchev–Trinajstić information content (AvgIpc) is 2.94. The van der Waals surface area contributed by atoms with Crippen LogP contribution in [0, 0.1) is 6.92 Å². The van der Waals surface area contributed by atoms with Crippen molar-refractivity contribution in [2.45, 2.75) is 13.1 Å². The number of aromatic nitrogens is 4. The van der Waals surface area contributed by atoms with Crippen LogP contribution in [-0.4, -0.2) is 33.4 Å². The van der Waals surface area contributed by atoms with E-state index in [1.165, 1.54) is 7.11 Å². The van der Waals surface area contributed by atoms with E-state index in [0.29, 0.717) is 0 Å². The molecule has 0 fully saturated rings. The van der Waals surface area contributed by atoms with Gasteiger partial charge in [0, 0.05) is 5.56 Å². The van der Waals surface area contributed by atoms with Crippen molar-refractivity contribution < 1.29 is 22.7 Å². The number of nitrogens with zero attached hydrogens (tertiary/aromatic N) is 3. The lowest BCUT2D eigenvalue weighted by atomic mass is 10.2. The molecule has 0 aliphatic heterocycles. The number of nitrogens with one attached hydrogen (secondary N) is 2. The molecule has 0 saturated heterocycles. The molecule has 0 saturated carbocycles. The Morgan fingerprint density at radius 1 is 1.40 bits per heavy atom. The first-order chi connectivity index (χ1) is 9.32. The maximum Gasteiger partial charge on any atom is 0.433 e. The highest BCUT2D eigenvalue weighted by molar-refractivity contribution is 7.17. The second-order valence-corrected chi connectivity index (χ2v) is 4.54. The number of aromatic amines is 1. The number of H-pyrrole nitrogens is 1. The van der Waals surface area contributed by atoms with Gasteiger partial charge >= 0.3 is 6.18 Å². The number of rotatable bonds is 3. The zero-order valence-corrected chi connectivity index (χ0v) is 11.0. The van der Waals surface area contributed by atoms with Gasteiger partial charge in [-0.05, 0) is 18.3 Å². The number of amides is 1. The summed E-state index contributed by atoms with van der Waals surface area (Å²) < 4.78 is 42.5. The molecule has 0 aliphatic rings. The normalized spacial score (nSPS) is 11.4. The van der Waals surface area contributed by atoms with Crippen LogP contribution in [0.1, 0.15) is 21.7 Å². The molecule has 1 amide bonds. The topological polar surface area (TPSA) is 92.8 Å². The number of carbonyl (C=O) groups excluding carboxylic acids is 1. The smallest absolute Gasteiger partial charge is 0.433 e. The molecule has 2 aromatic heterocycles. The van der Waals surface area contributed by atoms with Gasteiger partial charge in [0.2, 0.25) is 5.13 Å². The van der Waals surface area contributed by atoms with E-state index < -0.39 is 17.8 Å². The number of hydrogen-bond donors (Lipinski definition) is 2. The Balaban J connectivity index is 2.20. The summed E-state index contributed by atoms with van der Waals surface area (Å²) >= 11 is 0.937. The van der Waals surface area contributed by atoms with Gasteiger partial charge in [0.1, 0.15) is 5.69 Å². The van der Waals surface area contributed by atoms with Gasteiger partial charge in [-0.2, -0.15) is 18.3 Å². The number of carbonyl (C=O) groups is 1. The van der Waals surface area contributed by atoms with E-state index in [2.05, 4.69) is 20.6 Å². The summed E-state index contributed by atoms with van der Waals surface area (Å²) in [6.07, 6.45) is -4.60. The molecule has 0 bridgehead atoms. The van der Waals surface area contributed by atoms with E-state index in [4.69, 9.17) is 4.74 Å². The van der Waals surface area contributed by atoms with E-state index in [-0.39, 0.29) is 21.6 Å². The molecule has 20 heavy (non-hydrogen) atoms. The Hall–Kier alpha value is -2.17. The van der Waals surface area contributed by atoms with Gasteiger partial charge in [0.25, 0.3) is 11.1 Å². The second kappa shape index (κ2) is 5.07. The SMILES string of the molecule is COc1nnc(NC(=O)c2n[nH]c(C(F)(F)F)c2C)s1. The summed E-state index contributed by atoms with van der Waals surface area (Å²) in [5.41, 5.74) is -1.70. The van der Waals surface area contributed by atoms with Gasteiger partial charge in [-0.25, -0.2) is 0 Å². The van der Waals surface area contributed by atoms with E-state index in [9.17, 15) is 18.0 Å². The van der Waals surface area contributed by atoms with E-state index in [0.717, 1.165) is 18.3 Å². The van der Waals surface area contributed by atoms with Crippen LogP contribution in [-0.2, 0) is 6.18 Å². The van der Waals surface area contributed by atoms with Crippen molar-refractivity contribution >= 4 is 22.4 Å². The quantitative estimate of drug-likeness (QED) is 0.902. The third-order valence-corrected chi connectivity index (χ3v) is 3.11. The van der Waals surface area contributed by atoms with Gasteiger partial charge in [-0.15, -0.1) is 5.10 Å². The number of halogens is 3. The third-order valence-electron chi connectivity index (χ3n) is 2.31. The molecule has 11 heteroatoms. The summed E-state index contributed by atoms with van der Waals surface area (Å²) in [6.45, 7) is 1.15. The highest BCUT2D eigenvalue weighted by Gasteiger charge is 2.36. The van der Waals surface area contributed by atoms with Crippen molar-refractivity contribution in [3.05, 3.63) is 17.0 Å². The van der Waals surface area contributed by atoms with Crippen LogP contribution in [0.2, 0.25) is 0 Å². The van der Waals surface area contributed by atoms with E-state index >= 15 is 0 Å². The standard InChI is InChI=1S/C9H8F3N5O2S/c1-3-4(14-15-5(3)9(10,11)12)6(18)13-7-16-17-8(19-2)20-7/h1-2H3,(H,14,15)(H,13,16,18). The number of ether oxygens (including phenoxy) is 1. The molecule has 0 aromatic carbocycles. The van der Waals surface area contributed by atoms with Crippen LogP contribution in [0.25, 0.3) is 0 Å². The largest absolute Gasteiger partial charge is 0.472 e. The molecular formula is C9H8F3N5O2S. The van der Waals surface area contributed by atoms with Gasteiger partial charge < -0.3 is 4.74 Å². The van der Waals surface area contributed by atoms with Crippen LogP contribution < -0.4 is 10.1 Å². The van der Waals surface area contributed by atoms with Crippen LogP contribution in [0.15, 0.2) is 0 Å². The summed E-state index contributed by atoms with van der Waals surface area (Å²) in [5.74, 6) is -0.812. The minimum Gasteiger partial charge on any atom is -0.472 e. The Labute approximate surface area is 114 Å². The van der Waals surface area contributed by atoms with Gasteiger partial charge in [0.05, 0.1) is 7.11 Å². The fourth-order valence-electron chi connectivity index (χ4n) is 1.39. The lowest BCUT2D eigenvalue weighted by molar-refractivity contribution is -0.141. The molecular weight excluding hydrogens is 299 g/mol. The molecule has 0 aliphatic carbocycles. The molecule has 0 spiro atoms. The number of methoxy groups -OCH3 is 1. The molecule has 108 valence electrons. The van der Waals surface area contributed by atoms with Gasteiger partial charge in [0.15, 0.2) is 5.69 Å². The molecule has 0 radical (unpaired) electrons. The van der Waals surface area contributed by atoms with Crippen molar-refractivity contribution in [2.75, 3.05) is 12.4 Å². The summed E-state index contributed by atoms with van der Waals surface area (Å²) in [6, 6.07) is 0. The Kier molecular flexibility index (Phi) is 3.61. The summed E-state index contributed by atoms with van der Waals surface area (Å²) in [5, 5.41) is 15.0. The molecule has 2 rings (SSSR count). The Morgan fingerprint density at radius 3 is 2.60 bits per heavy atom. The van der Waals surface area contributed by atoms with Crippen molar-refractivity contribution in [1.29, 1.82) is 0 Å². The molecule has 2 aromatic rings. The van der Waals surface area contributed by atoms with Crippen LogP contribution >= 0.6 is 11.3 Å².